The Morgan fingerprint density at radius 2 is 1.79 bits per heavy atom. The number of nitrogens with two attached hydrogens (primary N) is 1. The predicted octanol–water partition coefficient (Wildman–Crippen LogP) is 2.60. The maximum absolute atomic E-state index is 11.6. The van der Waals surface area contributed by atoms with Crippen LogP contribution in [0.2, 0.25) is 0 Å². The van der Waals surface area contributed by atoms with E-state index < -0.39 is 5.60 Å². The van der Waals surface area contributed by atoms with Crippen molar-refractivity contribution in [3.05, 3.63) is 35.4 Å². The molecule has 0 bridgehead atoms. The SMILES string of the molecule is CC(Cc1ccc(CN)cc1)NC(=O)OC(C)(C)C. The first kappa shape index (κ1) is 15.5. The topological polar surface area (TPSA) is 64.3 Å². The van der Waals surface area contributed by atoms with E-state index in [9.17, 15) is 4.79 Å². The van der Waals surface area contributed by atoms with Crippen molar-refractivity contribution in [1.82, 2.24) is 5.32 Å². The molecule has 1 aromatic carbocycles. The highest BCUT2D eigenvalue weighted by Crippen LogP contribution is 2.09. The average Bonchev–Trinajstić information content (AvgIpc) is 2.27. The number of nitrogens with one attached hydrogen (secondary N) is 1. The number of carbonyl (C=O) groups excluding carboxylic acids is 1. The van der Waals surface area contributed by atoms with Crippen LogP contribution >= 0.6 is 0 Å². The molecule has 4 heteroatoms. The van der Waals surface area contributed by atoms with Crippen LogP contribution in [0.25, 0.3) is 0 Å². The van der Waals surface area contributed by atoms with E-state index >= 15 is 0 Å². The Hall–Kier alpha value is -1.55. The lowest BCUT2D eigenvalue weighted by Crippen LogP contribution is -2.38. The minimum atomic E-state index is -0.466. The number of hydrogen-bond acceptors (Lipinski definition) is 3. The minimum absolute atomic E-state index is 0.0265. The van der Waals surface area contributed by atoms with Gasteiger partial charge in [0.2, 0.25) is 0 Å². The zero-order chi connectivity index (χ0) is 14.5. The molecule has 0 saturated carbocycles. The van der Waals surface area contributed by atoms with E-state index in [-0.39, 0.29) is 12.1 Å². The van der Waals surface area contributed by atoms with E-state index in [1.54, 1.807) is 0 Å². The number of carbonyl (C=O) groups is 1. The van der Waals surface area contributed by atoms with Crippen LogP contribution in [-0.2, 0) is 17.7 Å². The second kappa shape index (κ2) is 6.57. The summed E-state index contributed by atoms with van der Waals surface area (Å²) in [6, 6.07) is 8.12. The number of benzene rings is 1. The zero-order valence-corrected chi connectivity index (χ0v) is 12.2. The minimum Gasteiger partial charge on any atom is -0.444 e. The summed E-state index contributed by atoms with van der Waals surface area (Å²) in [4.78, 5) is 11.6. The molecule has 0 spiro atoms. The molecule has 106 valence electrons. The van der Waals surface area contributed by atoms with Crippen LogP contribution in [0.4, 0.5) is 4.79 Å². The van der Waals surface area contributed by atoms with Gasteiger partial charge in [0.1, 0.15) is 5.60 Å². The second-order valence-electron chi connectivity index (χ2n) is 5.77. The van der Waals surface area contributed by atoms with E-state index in [0.717, 1.165) is 12.0 Å². The van der Waals surface area contributed by atoms with Gasteiger partial charge in [0.25, 0.3) is 0 Å². The Kier molecular flexibility index (Phi) is 5.36. The molecule has 1 aromatic rings. The van der Waals surface area contributed by atoms with Gasteiger partial charge in [-0.3, -0.25) is 0 Å². The number of hydrogen-bond donors (Lipinski definition) is 2. The maximum Gasteiger partial charge on any atom is 0.407 e. The molecule has 0 radical (unpaired) electrons. The van der Waals surface area contributed by atoms with E-state index in [2.05, 4.69) is 5.32 Å². The van der Waals surface area contributed by atoms with Crippen molar-refractivity contribution < 1.29 is 9.53 Å². The molecule has 0 aliphatic carbocycles. The summed E-state index contributed by atoms with van der Waals surface area (Å²) >= 11 is 0. The number of amides is 1. The summed E-state index contributed by atoms with van der Waals surface area (Å²) < 4.78 is 5.22. The van der Waals surface area contributed by atoms with E-state index in [0.29, 0.717) is 6.54 Å². The van der Waals surface area contributed by atoms with Crippen LogP contribution in [0.1, 0.15) is 38.8 Å². The molecule has 1 rings (SSSR count). The van der Waals surface area contributed by atoms with Crippen molar-refractivity contribution in [2.24, 2.45) is 5.73 Å². The summed E-state index contributed by atoms with van der Waals surface area (Å²) in [5.74, 6) is 0. The van der Waals surface area contributed by atoms with Crippen LogP contribution in [0.3, 0.4) is 0 Å². The monoisotopic (exact) mass is 264 g/mol. The molecule has 1 unspecified atom stereocenters. The number of rotatable bonds is 4. The predicted molar refractivity (Wildman–Crippen MR) is 76.9 cm³/mol. The molecule has 0 aliphatic rings. The van der Waals surface area contributed by atoms with Crippen LogP contribution < -0.4 is 11.1 Å². The third-order valence-electron chi connectivity index (χ3n) is 2.56. The molecule has 3 N–H and O–H groups in total. The quantitative estimate of drug-likeness (QED) is 0.878. The molecule has 1 amide bonds. The van der Waals surface area contributed by atoms with Gasteiger partial charge < -0.3 is 15.8 Å². The van der Waals surface area contributed by atoms with Gasteiger partial charge in [-0.2, -0.15) is 0 Å². The van der Waals surface area contributed by atoms with Crippen LogP contribution in [0.5, 0.6) is 0 Å². The molecular formula is C15H24N2O2. The highest BCUT2D eigenvalue weighted by molar-refractivity contribution is 5.68. The van der Waals surface area contributed by atoms with Gasteiger partial charge in [0.15, 0.2) is 0 Å². The summed E-state index contributed by atoms with van der Waals surface area (Å²) in [7, 11) is 0. The highest BCUT2D eigenvalue weighted by Gasteiger charge is 2.17. The van der Waals surface area contributed by atoms with Gasteiger partial charge in [-0.25, -0.2) is 4.79 Å². The summed E-state index contributed by atoms with van der Waals surface area (Å²) in [6.07, 6.45) is 0.392. The van der Waals surface area contributed by atoms with Crippen molar-refractivity contribution >= 4 is 6.09 Å². The number of alkyl carbamates (subject to hydrolysis) is 1. The lowest BCUT2D eigenvalue weighted by atomic mass is 10.1. The van der Waals surface area contributed by atoms with Crippen molar-refractivity contribution in [2.45, 2.75) is 52.3 Å². The first-order valence-electron chi connectivity index (χ1n) is 6.57. The normalized spacial score (nSPS) is 12.9. The van der Waals surface area contributed by atoms with Gasteiger partial charge in [-0.15, -0.1) is 0 Å². The maximum atomic E-state index is 11.6. The fraction of sp³-hybridized carbons (Fsp3) is 0.533. The van der Waals surface area contributed by atoms with Crippen LogP contribution in [0.15, 0.2) is 24.3 Å². The molecule has 1 atom stereocenters. The Morgan fingerprint density at radius 3 is 2.26 bits per heavy atom. The molecule has 4 nitrogen and oxygen atoms in total. The standard InChI is InChI=1S/C15H24N2O2/c1-11(17-14(18)19-15(2,3)4)9-12-5-7-13(10-16)8-6-12/h5-8,11H,9-10,16H2,1-4H3,(H,17,18). The fourth-order valence-corrected chi connectivity index (χ4v) is 1.72. The van der Waals surface area contributed by atoms with Crippen LogP contribution in [0, 0.1) is 0 Å². The van der Waals surface area contributed by atoms with Crippen molar-refractivity contribution in [3.8, 4) is 0 Å². The summed E-state index contributed by atoms with van der Waals surface area (Å²) in [5.41, 5.74) is 7.36. The lowest BCUT2D eigenvalue weighted by Gasteiger charge is -2.22. The van der Waals surface area contributed by atoms with Gasteiger partial charge in [0, 0.05) is 12.6 Å². The smallest absolute Gasteiger partial charge is 0.407 e. The third kappa shape index (κ3) is 6.25. The van der Waals surface area contributed by atoms with E-state index in [1.165, 1.54) is 5.56 Å². The molecule has 0 heterocycles. The lowest BCUT2D eigenvalue weighted by molar-refractivity contribution is 0.0508. The Morgan fingerprint density at radius 1 is 1.26 bits per heavy atom. The summed E-state index contributed by atoms with van der Waals surface area (Å²) in [5, 5.41) is 2.83. The van der Waals surface area contributed by atoms with Crippen molar-refractivity contribution in [2.75, 3.05) is 0 Å². The van der Waals surface area contributed by atoms with Crippen molar-refractivity contribution in [1.29, 1.82) is 0 Å². The Labute approximate surface area is 115 Å². The molecule has 0 fully saturated rings. The van der Waals surface area contributed by atoms with Crippen molar-refractivity contribution in [3.63, 3.8) is 0 Å². The van der Waals surface area contributed by atoms with Gasteiger partial charge >= 0.3 is 6.09 Å². The highest BCUT2D eigenvalue weighted by atomic mass is 16.6. The van der Waals surface area contributed by atoms with Gasteiger partial charge in [-0.05, 0) is 45.2 Å². The van der Waals surface area contributed by atoms with E-state index in [1.807, 2.05) is 52.0 Å². The Balaban J connectivity index is 2.46. The second-order valence-corrected chi connectivity index (χ2v) is 5.77. The molecular weight excluding hydrogens is 240 g/mol. The van der Waals surface area contributed by atoms with Gasteiger partial charge in [0.05, 0.1) is 0 Å². The molecule has 0 saturated heterocycles. The first-order valence-corrected chi connectivity index (χ1v) is 6.57. The van der Waals surface area contributed by atoms with Gasteiger partial charge in [-0.1, -0.05) is 24.3 Å². The fourth-order valence-electron chi connectivity index (χ4n) is 1.72. The van der Waals surface area contributed by atoms with E-state index in [4.69, 9.17) is 10.5 Å². The molecule has 19 heavy (non-hydrogen) atoms. The average molecular weight is 264 g/mol. The number of ether oxygens (including phenoxy) is 1. The van der Waals surface area contributed by atoms with Crippen LogP contribution in [-0.4, -0.2) is 17.7 Å². The molecule has 0 aliphatic heterocycles. The zero-order valence-electron chi connectivity index (χ0n) is 12.2. The summed E-state index contributed by atoms with van der Waals surface area (Å²) in [6.45, 7) is 8.06. The molecule has 0 aromatic heterocycles. The largest absolute Gasteiger partial charge is 0.444 e. The Bertz CT molecular complexity index is 407. The third-order valence-corrected chi connectivity index (χ3v) is 2.56. The first-order chi connectivity index (χ1) is 8.80.